The number of benzene rings is 1. The molecule has 0 aliphatic carbocycles. The predicted molar refractivity (Wildman–Crippen MR) is 72.1 cm³/mol. The first-order valence-electron chi connectivity index (χ1n) is 5.82. The van der Waals surface area contributed by atoms with Crippen LogP contribution in [0.25, 0.3) is 0 Å². The quantitative estimate of drug-likeness (QED) is 0.763. The zero-order valence-corrected chi connectivity index (χ0v) is 11.7. The first-order chi connectivity index (χ1) is 8.43. The molecule has 1 rings (SSSR count). The molecule has 0 bridgehead atoms. The van der Waals surface area contributed by atoms with E-state index in [0.29, 0.717) is 22.8 Å². The highest BCUT2D eigenvalue weighted by atomic mass is 35.5. The van der Waals surface area contributed by atoms with Crippen LogP contribution in [0.15, 0.2) is 6.07 Å². The normalized spacial score (nSPS) is 14.4. The molecular weight excluding hydrogens is 254 g/mol. The molecule has 0 aliphatic rings. The van der Waals surface area contributed by atoms with Gasteiger partial charge in [-0.2, -0.15) is 0 Å². The number of hydrogen-bond donors (Lipinski definition) is 3. The molecule has 0 fully saturated rings. The van der Waals surface area contributed by atoms with Gasteiger partial charge in [-0.1, -0.05) is 11.6 Å². The summed E-state index contributed by atoms with van der Waals surface area (Å²) in [5.41, 5.74) is 8.04. The Kier molecular flexibility index (Phi) is 5.41. The summed E-state index contributed by atoms with van der Waals surface area (Å²) >= 11 is 6.12. The van der Waals surface area contributed by atoms with E-state index in [1.165, 1.54) is 0 Å². The lowest BCUT2D eigenvalue weighted by molar-refractivity contribution is 0.125. The lowest BCUT2D eigenvalue weighted by atomic mass is 9.93. The van der Waals surface area contributed by atoms with Crippen molar-refractivity contribution in [1.82, 2.24) is 0 Å². The Balaban J connectivity index is 3.28. The van der Waals surface area contributed by atoms with Crippen LogP contribution in [-0.4, -0.2) is 30.0 Å². The second-order valence-electron chi connectivity index (χ2n) is 4.37. The standard InChI is InChI=1S/C13H20ClNO3/c1-7-6-9(14)8(2)11(13(7)18-3)12(17)10(15)4-5-16/h6,10,12,16-17H,4-5,15H2,1-3H3. The second-order valence-corrected chi connectivity index (χ2v) is 4.78. The van der Waals surface area contributed by atoms with Crippen LogP contribution in [0.5, 0.6) is 5.75 Å². The monoisotopic (exact) mass is 273 g/mol. The third kappa shape index (κ3) is 2.95. The first kappa shape index (κ1) is 15.2. The number of aliphatic hydroxyl groups is 2. The van der Waals surface area contributed by atoms with E-state index in [1.54, 1.807) is 13.2 Å². The molecule has 5 heteroatoms. The van der Waals surface area contributed by atoms with Crippen molar-refractivity contribution in [2.45, 2.75) is 32.4 Å². The summed E-state index contributed by atoms with van der Waals surface area (Å²) in [6.45, 7) is 3.60. The third-order valence-electron chi connectivity index (χ3n) is 3.08. The molecule has 0 radical (unpaired) electrons. The predicted octanol–water partition coefficient (Wildman–Crippen LogP) is 1.71. The Labute approximate surface area is 112 Å². The molecule has 102 valence electrons. The fourth-order valence-electron chi connectivity index (χ4n) is 2.02. The molecule has 2 atom stereocenters. The molecule has 1 aromatic carbocycles. The maximum Gasteiger partial charge on any atom is 0.127 e. The topological polar surface area (TPSA) is 75.7 Å². The number of methoxy groups -OCH3 is 1. The van der Waals surface area contributed by atoms with Crippen molar-refractivity contribution < 1.29 is 14.9 Å². The Hall–Kier alpha value is -0.810. The van der Waals surface area contributed by atoms with E-state index in [0.717, 1.165) is 11.1 Å². The molecule has 0 saturated heterocycles. The van der Waals surface area contributed by atoms with Crippen LogP contribution in [0.4, 0.5) is 0 Å². The van der Waals surface area contributed by atoms with Gasteiger partial charge in [-0.25, -0.2) is 0 Å². The number of ether oxygens (including phenoxy) is 1. The maximum atomic E-state index is 10.3. The highest BCUT2D eigenvalue weighted by Gasteiger charge is 2.24. The van der Waals surface area contributed by atoms with Gasteiger partial charge in [0.25, 0.3) is 0 Å². The minimum absolute atomic E-state index is 0.0703. The summed E-state index contributed by atoms with van der Waals surface area (Å²) in [4.78, 5) is 0. The fraction of sp³-hybridized carbons (Fsp3) is 0.538. The maximum absolute atomic E-state index is 10.3. The molecule has 0 heterocycles. The van der Waals surface area contributed by atoms with Crippen molar-refractivity contribution in [2.24, 2.45) is 5.73 Å². The number of aryl methyl sites for hydroxylation is 1. The van der Waals surface area contributed by atoms with E-state index in [1.807, 2.05) is 13.8 Å². The average molecular weight is 274 g/mol. The number of rotatable bonds is 5. The summed E-state index contributed by atoms with van der Waals surface area (Å²) in [6.07, 6.45) is -0.598. The molecule has 0 saturated carbocycles. The molecular formula is C13H20ClNO3. The molecule has 4 N–H and O–H groups in total. The van der Waals surface area contributed by atoms with Crippen molar-refractivity contribution in [3.8, 4) is 5.75 Å². The van der Waals surface area contributed by atoms with E-state index in [9.17, 15) is 5.11 Å². The van der Waals surface area contributed by atoms with Crippen molar-refractivity contribution in [2.75, 3.05) is 13.7 Å². The lowest BCUT2D eigenvalue weighted by Gasteiger charge is -2.24. The largest absolute Gasteiger partial charge is 0.496 e. The highest BCUT2D eigenvalue weighted by Crippen LogP contribution is 2.37. The van der Waals surface area contributed by atoms with Gasteiger partial charge in [0.2, 0.25) is 0 Å². The number of hydrogen-bond acceptors (Lipinski definition) is 4. The van der Waals surface area contributed by atoms with Gasteiger partial charge in [-0.05, 0) is 37.5 Å². The highest BCUT2D eigenvalue weighted by molar-refractivity contribution is 6.31. The molecule has 0 aromatic heterocycles. The van der Waals surface area contributed by atoms with Crippen LogP contribution in [-0.2, 0) is 0 Å². The molecule has 0 aliphatic heterocycles. The van der Waals surface area contributed by atoms with Crippen molar-refractivity contribution in [3.05, 3.63) is 27.8 Å². The molecule has 1 aromatic rings. The molecule has 18 heavy (non-hydrogen) atoms. The van der Waals surface area contributed by atoms with E-state index in [2.05, 4.69) is 0 Å². The first-order valence-corrected chi connectivity index (χ1v) is 6.19. The van der Waals surface area contributed by atoms with Gasteiger partial charge in [-0.3, -0.25) is 0 Å². The number of nitrogens with two attached hydrogens (primary N) is 1. The summed E-state index contributed by atoms with van der Waals surface area (Å²) in [6, 6.07) is 1.24. The zero-order valence-electron chi connectivity index (χ0n) is 10.9. The number of halogens is 1. The van der Waals surface area contributed by atoms with Crippen LogP contribution in [0.1, 0.15) is 29.2 Å². The molecule has 0 spiro atoms. The average Bonchev–Trinajstić information content (AvgIpc) is 2.32. The minimum atomic E-state index is -0.913. The second kappa shape index (κ2) is 6.38. The summed E-state index contributed by atoms with van der Waals surface area (Å²) in [5, 5.41) is 19.7. The third-order valence-corrected chi connectivity index (χ3v) is 3.47. The minimum Gasteiger partial charge on any atom is -0.496 e. The van der Waals surface area contributed by atoms with Crippen LogP contribution in [0.2, 0.25) is 5.02 Å². The van der Waals surface area contributed by atoms with E-state index in [4.69, 9.17) is 27.2 Å². The van der Waals surface area contributed by atoms with E-state index < -0.39 is 12.1 Å². The van der Waals surface area contributed by atoms with E-state index in [-0.39, 0.29) is 6.61 Å². The Bertz CT molecular complexity index is 423. The van der Waals surface area contributed by atoms with Crippen LogP contribution in [0.3, 0.4) is 0 Å². The van der Waals surface area contributed by atoms with E-state index >= 15 is 0 Å². The van der Waals surface area contributed by atoms with Gasteiger partial charge in [0.15, 0.2) is 0 Å². The molecule has 2 unspecified atom stereocenters. The summed E-state index contributed by atoms with van der Waals surface area (Å²) in [5.74, 6) is 0.595. The Morgan fingerprint density at radius 3 is 2.56 bits per heavy atom. The van der Waals surface area contributed by atoms with Crippen molar-refractivity contribution in [3.63, 3.8) is 0 Å². The van der Waals surface area contributed by atoms with Gasteiger partial charge in [0, 0.05) is 23.2 Å². The van der Waals surface area contributed by atoms with Crippen LogP contribution in [0, 0.1) is 13.8 Å². The summed E-state index contributed by atoms with van der Waals surface area (Å²) < 4.78 is 5.32. The lowest BCUT2D eigenvalue weighted by Crippen LogP contribution is -2.30. The Morgan fingerprint density at radius 1 is 1.44 bits per heavy atom. The van der Waals surface area contributed by atoms with Gasteiger partial charge in [-0.15, -0.1) is 0 Å². The van der Waals surface area contributed by atoms with Gasteiger partial charge in [0.1, 0.15) is 5.75 Å². The van der Waals surface area contributed by atoms with Gasteiger partial charge >= 0.3 is 0 Å². The number of aliphatic hydroxyl groups excluding tert-OH is 2. The molecule has 0 amide bonds. The smallest absolute Gasteiger partial charge is 0.127 e. The van der Waals surface area contributed by atoms with Crippen LogP contribution >= 0.6 is 11.6 Å². The van der Waals surface area contributed by atoms with Gasteiger partial charge in [0.05, 0.1) is 13.2 Å². The zero-order chi connectivity index (χ0) is 13.9. The SMILES string of the molecule is COc1c(C)cc(Cl)c(C)c1C(O)C(N)CCO. The fourth-order valence-corrected chi connectivity index (χ4v) is 2.29. The van der Waals surface area contributed by atoms with Gasteiger partial charge < -0.3 is 20.7 Å². The van der Waals surface area contributed by atoms with Crippen molar-refractivity contribution >= 4 is 11.6 Å². The van der Waals surface area contributed by atoms with Crippen LogP contribution < -0.4 is 10.5 Å². The van der Waals surface area contributed by atoms with Crippen molar-refractivity contribution in [1.29, 1.82) is 0 Å². The Morgan fingerprint density at radius 2 is 2.06 bits per heavy atom. The molecule has 4 nitrogen and oxygen atoms in total. The summed E-state index contributed by atoms with van der Waals surface area (Å²) in [7, 11) is 1.55.